The van der Waals surface area contributed by atoms with Gasteiger partial charge in [0.2, 0.25) is 11.8 Å². The zero-order chi connectivity index (χ0) is 17.4. The van der Waals surface area contributed by atoms with E-state index in [4.69, 9.17) is 0 Å². The molecule has 4 rings (SSSR count). The first-order chi connectivity index (χ1) is 12.1. The van der Waals surface area contributed by atoms with E-state index in [2.05, 4.69) is 40.0 Å². The van der Waals surface area contributed by atoms with E-state index in [0.717, 1.165) is 30.6 Å². The number of anilines is 1. The molecule has 1 aromatic heterocycles. The van der Waals surface area contributed by atoms with Crippen LogP contribution in [0, 0.1) is 6.92 Å². The van der Waals surface area contributed by atoms with E-state index >= 15 is 0 Å². The molecule has 1 aromatic carbocycles. The maximum atomic E-state index is 12.5. The predicted octanol–water partition coefficient (Wildman–Crippen LogP) is 2.33. The third-order valence-electron chi connectivity index (χ3n) is 5.16. The van der Waals surface area contributed by atoms with Crippen LogP contribution < -0.4 is 10.6 Å². The number of carbonyl (C=O) groups excluding carboxylic acids is 2. The van der Waals surface area contributed by atoms with Gasteiger partial charge in [0.05, 0.1) is 12.2 Å². The van der Waals surface area contributed by atoms with Crippen molar-refractivity contribution in [2.75, 3.05) is 5.32 Å². The largest absolute Gasteiger partial charge is 0.344 e. The first kappa shape index (κ1) is 15.9. The minimum absolute atomic E-state index is 0.0633. The lowest BCUT2D eigenvalue weighted by molar-refractivity contribution is -0.122. The number of amides is 2. The maximum absolute atomic E-state index is 12.5. The predicted molar refractivity (Wildman–Crippen MR) is 94.3 cm³/mol. The third kappa shape index (κ3) is 2.92. The van der Waals surface area contributed by atoms with Crippen molar-refractivity contribution in [2.24, 2.45) is 0 Å². The highest BCUT2D eigenvalue weighted by molar-refractivity contribution is 5.98. The van der Waals surface area contributed by atoms with Crippen molar-refractivity contribution in [3.8, 4) is 0 Å². The smallest absolute Gasteiger partial charge is 0.248 e. The number of carbonyl (C=O) groups is 2. The van der Waals surface area contributed by atoms with Crippen molar-refractivity contribution in [3.63, 3.8) is 0 Å². The molecule has 1 aliphatic heterocycles. The van der Waals surface area contributed by atoms with E-state index < -0.39 is 6.04 Å². The van der Waals surface area contributed by atoms with Crippen molar-refractivity contribution in [1.29, 1.82) is 0 Å². The zero-order valence-electron chi connectivity index (χ0n) is 14.3. The van der Waals surface area contributed by atoms with Gasteiger partial charge in [0.25, 0.3) is 0 Å². The second-order valence-electron chi connectivity index (χ2n) is 6.88. The number of hydrogen-bond donors (Lipinski definition) is 2. The summed E-state index contributed by atoms with van der Waals surface area (Å²) < 4.78 is 1.93. The Hall–Kier alpha value is -2.63. The fraction of sp³-hybridized carbons (Fsp3) is 0.421. The molecule has 2 heterocycles. The van der Waals surface area contributed by atoms with E-state index in [-0.39, 0.29) is 17.9 Å². The van der Waals surface area contributed by atoms with E-state index in [9.17, 15) is 9.59 Å². The molecule has 1 fully saturated rings. The highest BCUT2D eigenvalue weighted by atomic mass is 16.2. The lowest BCUT2D eigenvalue weighted by Crippen LogP contribution is -2.38. The Morgan fingerprint density at radius 1 is 1.28 bits per heavy atom. The number of rotatable bonds is 3. The molecule has 6 nitrogen and oxygen atoms in total. The maximum Gasteiger partial charge on any atom is 0.248 e. The summed E-state index contributed by atoms with van der Waals surface area (Å²) in [6, 6.07) is 8.13. The molecule has 0 spiro atoms. The molecule has 0 saturated carbocycles. The van der Waals surface area contributed by atoms with E-state index in [1.54, 1.807) is 6.20 Å². The minimum atomic E-state index is -0.450. The van der Waals surface area contributed by atoms with Gasteiger partial charge in [0, 0.05) is 12.0 Å². The topological polar surface area (TPSA) is 76.0 Å². The van der Waals surface area contributed by atoms with Gasteiger partial charge >= 0.3 is 0 Å². The summed E-state index contributed by atoms with van der Waals surface area (Å²) >= 11 is 0. The number of benzene rings is 1. The highest BCUT2D eigenvalue weighted by Crippen LogP contribution is 2.35. The van der Waals surface area contributed by atoms with Crippen LogP contribution >= 0.6 is 0 Å². The molecule has 130 valence electrons. The van der Waals surface area contributed by atoms with Gasteiger partial charge in [-0.25, -0.2) is 4.68 Å². The number of hydrogen-bond acceptors (Lipinski definition) is 3. The van der Waals surface area contributed by atoms with E-state index in [0.29, 0.717) is 12.8 Å². The molecule has 6 heteroatoms. The summed E-state index contributed by atoms with van der Waals surface area (Å²) in [5.74, 6) is 0.499. The molecule has 2 aromatic rings. The van der Waals surface area contributed by atoms with Crippen LogP contribution in [-0.4, -0.2) is 27.6 Å². The standard InChI is InChI=1S/C19H22N4O2/c1-12-11-20-23(16-8-4-6-13-5-2-3-7-14(13)16)18(12)22-19(25)15-9-10-17(24)21-15/h2-3,5,7,11,15-16H,4,6,8-10H2,1H3,(H,21,24)(H,22,25)/t15-,16-/m0/s1. The number of nitrogens with zero attached hydrogens (tertiary/aromatic N) is 2. The normalized spacial score (nSPS) is 22.4. The zero-order valence-corrected chi connectivity index (χ0v) is 14.3. The molecule has 1 aliphatic carbocycles. The van der Waals surface area contributed by atoms with Crippen molar-refractivity contribution in [2.45, 2.75) is 51.1 Å². The molecule has 0 radical (unpaired) electrons. The van der Waals surface area contributed by atoms with E-state index in [1.165, 1.54) is 11.1 Å². The second kappa shape index (κ2) is 6.35. The van der Waals surface area contributed by atoms with Gasteiger partial charge in [-0.1, -0.05) is 24.3 Å². The summed E-state index contributed by atoms with van der Waals surface area (Å²) in [7, 11) is 0. The summed E-state index contributed by atoms with van der Waals surface area (Å²) in [5, 5.41) is 10.3. The van der Waals surface area contributed by atoms with Gasteiger partial charge in [-0.3, -0.25) is 9.59 Å². The fourth-order valence-corrected chi connectivity index (χ4v) is 3.84. The fourth-order valence-electron chi connectivity index (χ4n) is 3.84. The van der Waals surface area contributed by atoms with Gasteiger partial charge in [-0.05, 0) is 43.7 Å². The average Bonchev–Trinajstić information content (AvgIpc) is 3.21. The van der Waals surface area contributed by atoms with Crippen molar-refractivity contribution in [3.05, 3.63) is 47.2 Å². The van der Waals surface area contributed by atoms with Crippen LogP contribution in [0.5, 0.6) is 0 Å². The molecule has 25 heavy (non-hydrogen) atoms. The van der Waals surface area contributed by atoms with Crippen LogP contribution in [0.3, 0.4) is 0 Å². The lowest BCUT2D eigenvalue weighted by Gasteiger charge is -2.27. The van der Waals surface area contributed by atoms with Crippen LogP contribution in [0.25, 0.3) is 0 Å². The Morgan fingerprint density at radius 3 is 2.92 bits per heavy atom. The summed E-state index contributed by atoms with van der Waals surface area (Å²) in [5.41, 5.74) is 3.56. The molecule has 2 amide bonds. The van der Waals surface area contributed by atoms with Crippen LogP contribution in [0.1, 0.15) is 48.4 Å². The van der Waals surface area contributed by atoms with E-state index in [1.807, 2.05) is 11.6 Å². The van der Waals surface area contributed by atoms with Crippen LogP contribution in [0.4, 0.5) is 5.82 Å². The molecule has 0 unspecified atom stereocenters. The molecular formula is C19H22N4O2. The Kier molecular flexibility index (Phi) is 4.03. The summed E-state index contributed by atoms with van der Waals surface area (Å²) in [6.45, 7) is 1.95. The Balaban J connectivity index is 1.62. The minimum Gasteiger partial charge on any atom is -0.344 e. The molecule has 0 bridgehead atoms. The van der Waals surface area contributed by atoms with Crippen LogP contribution in [0.15, 0.2) is 30.5 Å². The Bertz CT molecular complexity index is 827. The van der Waals surface area contributed by atoms with Gasteiger partial charge in [-0.15, -0.1) is 0 Å². The highest BCUT2D eigenvalue weighted by Gasteiger charge is 2.30. The molecule has 2 N–H and O–H groups in total. The van der Waals surface area contributed by atoms with Crippen LogP contribution in [-0.2, 0) is 16.0 Å². The summed E-state index contributed by atoms with van der Waals surface area (Å²) in [4.78, 5) is 23.9. The summed E-state index contributed by atoms with van der Waals surface area (Å²) in [6.07, 6.45) is 5.94. The quantitative estimate of drug-likeness (QED) is 0.902. The number of aromatic nitrogens is 2. The van der Waals surface area contributed by atoms with Crippen molar-refractivity contribution < 1.29 is 9.59 Å². The Morgan fingerprint density at radius 2 is 2.12 bits per heavy atom. The second-order valence-corrected chi connectivity index (χ2v) is 6.88. The van der Waals surface area contributed by atoms with Crippen molar-refractivity contribution in [1.82, 2.24) is 15.1 Å². The number of aryl methyl sites for hydroxylation is 2. The molecule has 2 atom stereocenters. The van der Waals surface area contributed by atoms with Gasteiger partial charge in [0.15, 0.2) is 0 Å². The average molecular weight is 338 g/mol. The molecule has 2 aliphatic rings. The number of nitrogens with one attached hydrogen (secondary N) is 2. The SMILES string of the molecule is Cc1cnn([C@H]2CCCc3ccccc32)c1NC(=O)[C@@H]1CCC(=O)N1. The van der Waals surface area contributed by atoms with Crippen LogP contribution in [0.2, 0.25) is 0 Å². The lowest BCUT2D eigenvalue weighted by atomic mass is 9.88. The van der Waals surface area contributed by atoms with Gasteiger partial charge < -0.3 is 10.6 Å². The Labute approximate surface area is 146 Å². The third-order valence-corrected chi connectivity index (χ3v) is 5.16. The monoisotopic (exact) mass is 338 g/mol. The van der Waals surface area contributed by atoms with Crippen molar-refractivity contribution >= 4 is 17.6 Å². The first-order valence-electron chi connectivity index (χ1n) is 8.85. The molecule has 1 saturated heterocycles. The van der Waals surface area contributed by atoms with Gasteiger partial charge in [-0.2, -0.15) is 5.10 Å². The first-order valence-corrected chi connectivity index (χ1v) is 8.85. The molecular weight excluding hydrogens is 316 g/mol. The number of fused-ring (bicyclic) bond motifs is 1. The van der Waals surface area contributed by atoms with Gasteiger partial charge in [0.1, 0.15) is 11.9 Å².